The summed E-state index contributed by atoms with van der Waals surface area (Å²) < 4.78 is 13.0. The lowest BCUT2D eigenvalue weighted by Gasteiger charge is -2.04. The minimum atomic E-state index is -0.743. The summed E-state index contributed by atoms with van der Waals surface area (Å²) in [6, 6.07) is 9.46. The molecule has 2 aromatic carbocycles. The van der Waals surface area contributed by atoms with Crippen molar-refractivity contribution in [1.82, 2.24) is 15.4 Å². The zero-order valence-corrected chi connectivity index (χ0v) is 15.4. The molecule has 0 aliphatic carbocycles. The van der Waals surface area contributed by atoms with E-state index in [1.54, 1.807) is 0 Å². The number of nitrogens with zero attached hydrogens (tertiary/aromatic N) is 2. The molecule has 0 bridgehead atoms. The van der Waals surface area contributed by atoms with Crippen LogP contribution in [0.2, 0.25) is 10.0 Å². The molecule has 3 rings (SSSR count). The molecule has 1 aromatic heterocycles. The minimum absolute atomic E-state index is 0.0303. The number of benzene rings is 2. The first kappa shape index (κ1) is 19.5. The molecule has 10 heteroatoms. The minimum Gasteiger partial charge on any atom is -0.505 e. The van der Waals surface area contributed by atoms with Crippen molar-refractivity contribution >= 4 is 35.3 Å². The van der Waals surface area contributed by atoms with Gasteiger partial charge in [0.15, 0.2) is 5.75 Å². The highest BCUT2D eigenvalue weighted by molar-refractivity contribution is 6.37. The van der Waals surface area contributed by atoms with Crippen LogP contribution in [0.25, 0.3) is 11.3 Å². The topological polar surface area (TPSA) is 107 Å². The molecule has 1 amide bonds. The molecule has 0 unspecified atom stereocenters. The number of phenolic OH excluding ortho intramolecular Hbond substituents is 1. The molecular weight excluding hydrogens is 410 g/mol. The molecule has 0 aliphatic rings. The fourth-order valence-corrected chi connectivity index (χ4v) is 2.74. The molecule has 0 radical (unpaired) electrons. The number of hydrogen-bond acceptors (Lipinski definition) is 5. The van der Waals surface area contributed by atoms with Gasteiger partial charge in [-0.15, -0.1) is 0 Å². The molecular formula is C18H11Cl2FN4O3. The first-order chi connectivity index (χ1) is 13.3. The van der Waals surface area contributed by atoms with Gasteiger partial charge in [0.1, 0.15) is 11.5 Å². The number of hydrogen-bond donors (Lipinski definition) is 3. The molecule has 0 spiro atoms. The van der Waals surface area contributed by atoms with E-state index < -0.39 is 17.4 Å². The van der Waals surface area contributed by atoms with E-state index in [-0.39, 0.29) is 27.2 Å². The van der Waals surface area contributed by atoms with Gasteiger partial charge in [0.2, 0.25) is 0 Å². The molecule has 28 heavy (non-hydrogen) atoms. The molecule has 0 atom stereocenters. The number of carbonyl (C=O) groups excluding carboxylic acids is 1. The normalized spacial score (nSPS) is 11.0. The lowest BCUT2D eigenvalue weighted by atomic mass is 10.1. The Bertz CT molecular complexity index is 1110. The third-order valence-electron chi connectivity index (χ3n) is 3.55. The van der Waals surface area contributed by atoms with Gasteiger partial charge in [-0.25, -0.2) is 14.6 Å². The van der Waals surface area contributed by atoms with Gasteiger partial charge in [-0.05, 0) is 48.0 Å². The summed E-state index contributed by atoms with van der Waals surface area (Å²) in [5.41, 5.74) is 2.52. The quantitative estimate of drug-likeness (QED) is 0.444. The number of phenols is 1. The van der Waals surface area contributed by atoms with Crippen molar-refractivity contribution in [3.8, 4) is 17.0 Å². The first-order valence-corrected chi connectivity index (χ1v) is 8.48. The van der Waals surface area contributed by atoms with Crippen LogP contribution < -0.4 is 11.1 Å². The van der Waals surface area contributed by atoms with Crippen LogP contribution in [-0.2, 0) is 0 Å². The van der Waals surface area contributed by atoms with Crippen LogP contribution in [0, 0.1) is 5.82 Å². The highest BCUT2D eigenvalue weighted by Crippen LogP contribution is 2.32. The second-order valence-electron chi connectivity index (χ2n) is 5.52. The summed E-state index contributed by atoms with van der Waals surface area (Å²) in [5, 5.41) is 13.3. The number of halogens is 3. The summed E-state index contributed by atoms with van der Waals surface area (Å²) >= 11 is 11.6. The van der Waals surface area contributed by atoms with E-state index in [2.05, 4.69) is 20.5 Å². The first-order valence-electron chi connectivity index (χ1n) is 7.72. The number of aromatic nitrogens is 2. The lowest BCUT2D eigenvalue weighted by molar-refractivity contribution is 0.0949. The SMILES string of the molecule is O=C(N/N=C/c1cc(Cl)c(O)c(Cl)c1)c1cc(-c2ccc(F)cc2)nc(=O)[nH]1. The zero-order chi connectivity index (χ0) is 20.3. The van der Waals surface area contributed by atoms with Crippen LogP contribution in [0.15, 0.2) is 52.4 Å². The maximum absolute atomic E-state index is 13.0. The number of amides is 1. The fourth-order valence-electron chi connectivity index (χ4n) is 2.23. The molecule has 3 N–H and O–H groups in total. The summed E-state index contributed by atoms with van der Waals surface area (Å²) in [6.45, 7) is 0. The van der Waals surface area contributed by atoms with Gasteiger partial charge in [0.25, 0.3) is 5.91 Å². The maximum atomic E-state index is 13.0. The van der Waals surface area contributed by atoms with Crippen molar-refractivity contribution < 1.29 is 14.3 Å². The zero-order valence-electron chi connectivity index (χ0n) is 13.9. The van der Waals surface area contributed by atoms with Gasteiger partial charge >= 0.3 is 5.69 Å². The van der Waals surface area contributed by atoms with Gasteiger partial charge < -0.3 is 10.1 Å². The molecule has 142 valence electrons. The summed E-state index contributed by atoms with van der Waals surface area (Å²) in [6.07, 6.45) is 1.26. The van der Waals surface area contributed by atoms with E-state index in [4.69, 9.17) is 23.2 Å². The Hall–Kier alpha value is -3.23. The Labute approximate surface area is 167 Å². The highest BCUT2D eigenvalue weighted by atomic mass is 35.5. The van der Waals surface area contributed by atoms with Crippen LogP contribution >= 0.6 is 23.2 Å². The van der Waals surface area contributed by atoms with E-state index >= 15 is 0 Å². The van der Waals surface area contributed by atoms with Crippen LogP contribution in [0.5, 0.6) is 5.75 Å². The van der Waals surface area contributed by atoms with E-state index in [0.717, 1.165) is 0 Å². The van der Waals surface area contributed by atoms with Gasteiger partial charge in [-0.3, -0.25) is 4.79 Å². The van der Waals surface area contributed by atoms with Crippen LogP contribution in [0.1, 0.15) is 16.1 Å². The van der Waals surface area contributed by atoms with Gasteiger partial charge in [-0.1, -0.05) is 23.2 Å². The number of H-pyrrole nitrogens is 1. The molecule has 1 heterocycles. The Balaban J connectivity index is 1.79. The lowest BCUT2D eigenvalue weighted by Crippen LogP contribution is -2.24. The number of rotatable bonds is 4. The smallest absolute Gasteiger partial charge is 0.346 e. The van der Waals surface area contributed by atoms with Crippen molar-refractivity contribution in [2.45, 2.75) is 0 Å². The van der Waals surface area contributed by atoms with Gasteiger partial charge in [0.05, 0.1) is 22.0 Å². The van der Waals surface area contributed by atoms with E-state index in [9.17, 15) is 19.1 Å². The van der Waals surface area contributed by atoms with Crippen molar-refractivity contribution in [3.05, 3.63) is 80.1 Å². The summed E-state index contributed by atoms with van der Waals surface area (Å²) in [5.74, 6) is -1.39. The number of aromatic amines is 1. The molecule has 0 saturated heterocycles. The molecule has 3 aromatic rings. The van der Waals surface area contributed by atoms with Crippen LogP contribution in [0.3, 0.4) is 0 Å². The Morgan fingerprint density at radius 1 is 1.18 bits per heavy atom. The van der Waals surface area contributed by atoms with E-state index in [1.807, 2.05) is 0 Å². The Morgan fingerprint density at radius 2 is 1.82 bits per heavy atom. The highest BCUT2D eigenvalue weighted by Gasteiger charge is 2.11. The fraction of sp³-hybridized carbons (Fsp3) is 0. The predicted molar refractivity (Wildman–Crippen MR) is 103 cm³/mol. The molecule has 0 fully saturated rings. The summed E-state index contributed by atoms with van der Waals surface area (Å²) in [4.78, 5) is 30.1. The predicted octanol–water partition coefficient (Wildman–Crippen LogP) is 3.35. The standard InChI is InChI=1S/C18H11Cl2FN4O3/c19-12-5-9(6-13(20)16(12)26)8-22-25-17(27)15-7-14(23-18(28)24-15)10-1-3-11(21)4-2-10/h1-8,26H,(H,25,27)(H,23,24,28)/b22-8+. The van der Waals surface area contributed by atoms with Gasteiger partial charge in [-0.2, -0.15) is 10.1 Å². The Morgan fingerprint density at radius 3 is 2.46 bits per heavy atom. The van der Waals surface area contributed by atoms with Crippen LogP contribution in [0.4, 0.5) is 4.39 Å². The molecule has 7 nitrogen and oxygen atoms in total. The second-order valence-corrected chi connectivity index (χ2v) is 6.34. The third kappa shape index (κ3) is 4.54. The van der Waals surface area contributed by atoms with E-state index in [1.165, 1.54) is 48.7 Å². The average molecular weight is 421 g/mol. The van der Waals surface area contributed by atoms with E-state index in [0.29, 0.717) is 11.1 Å². The molecule has 0 aliphatic heterocycles. The molecule has 0 saturated carbocycles. The van der Waals surface area contributed by atoms with Gasteiger partial charge in [0, 0.05) is 5.56 Å². The van der Waals surface area contributed by atoms with Crippen molar-refractivity contribution in [2.75, 3.05) is 0 Å². The number of nitrogens with one attached hydrogen (secondary N) is 2. The van der Waals surface area contributed by atoms with Crippen molar-refractivity contribution in [2.24, 2.45) is 5.10 Å². The largest absolute Gasteiger partial charge is 0.505 e. The van der Waals surface area contributed by atoms with Crippen molar-refractivity contribution in [3.63, 3.8) is 0 Å². The third-order valence-corrected chi connectivity index (χ3v) is 4.12. The Kier molecular flexibility index (Phi) is 5.72. The average Bonchev–Trinajstić information content (AvgIpc) is 2.66. The van der Waals surface area contributed by atoms with Crippen molar-refractivity contribution in [1.29, 1.82) is 0 Å². The summed E-state index contributed by atoms with van der Waals surface area (Å²) in [7, 11) is 0. The second kappa shape index (κ2) is 8.20. The number of hydrazone groups is 1. The van der Waals surface area contributed by atoms with Crippen LogP contribution in [-0.4, -0.2) is 27.2 Å². The number of carbonyl (C=O) groups is 1. The number of aromatic hydroxyl groups is 1. The monoisotopic (exact) mass is 420 g/mol. The maximum Gasteiger partial charge on any atom is 0.346 e.